The van der Waals surface area contributed by atoms with Gasteiger partial charge in [-0.2, -0.15) is 0 Å². The summed E-state index contributed by atoms with van der Waals surface area (Å²) in [6.45, 7) is 6.65. The molecule has 0 saturated heterocycles. The van der Waals surface area contributed by atoms with Crippen LogP contribution in [-0.4, -0.2) is 28.2 Å². The summed E-state index contributed by atoms with van der Waals surface area (Å²) >= 11 is -0.0329. The molecule has 118 valence electrons. The van der Waals surface area contributed by atoms with Gasteiger partial charge in [0, 0.05) is 0 Å². The van der Waals surface area contributed by atoms with E-state index < -0.39 is 7.60 Å². The second-order valence-corrected chi connectivity index (χ2v) is 9.45. The van der Waals surface area contributed by atoms with E-state index in [9.17, 15) is 4.57 Å². The number of hydrogen-bond acceptors (Lipinski definition) is 3. The molecule has 0 spiro atoms. The molecule has 0 fully saturated rings. The third kappa shape index (κ3) is 6.50. The number of allylic oxidation sites excluding steroid dienone is 1. The van der Waals surface area contributed by atoms with E-state index in [0.29, 0.717) is 13.2 Å². The summed E-state index contributed by atoms with van der Waals surface area (Å²) in [5, 5.41) is 0. The Morgan fingerprint density at radius 2 is 1.76 bits per heavy atom. The number of rotatable bonds is 10. The first-order chi connectivity index (χ1) is 10.2. The Labute approximate surface area is 134 Å². The fourth-order valence-electron chi connectivity index (χ4n) is 1.75. The van der Waals surface area contributed by atoms with Crippen LogP contribution in [0, 0.1) is 0 Å². The Kier molecular flexibility index (Phi) is 9.22. The first kappa shape index (κ1) is 18.7. The average molecular weight is 375 g/mol. The van der Waals surface area contributed by atoms with Gasteiger partial charge in [0.25, 0.3) is 0 Å². The van der Waals surface area contributed by atoms with Gasteiger partial charge in [0.05, 0.1) is 0 Å². The summed E-state index contributed by atoms with van der Waals surface area (Å²) < 4.78 is 26.1. The molecule has 1 aromatic rings. The quantitative estimate of drug-likeness (QED) is 0.347. The van der Waals surface area contributed by atoms with Crippen molar-refractivity contribution >= 4 is 27.0 Å². The SMILES string of the molecule is CCCC/C=C(/[Se]c1ccccc1)P(=O)(OCC)OCC. The number of hydrogen-bond donors (Lipinski definition) is 0. The maximum absolute atomic E-state index is 13.0. The fourth-order valence-corrected chi connectivity index (χ4v) is 6.68. The van der Waals surface area contributed by atoms with Gasteiger partial charge in [-0.1, -0.05) is 0 Å². The third-order valence-corrected chi connectivity index (χ3v) is 8.36. The molecule has 0 N–H and O–H groups in total. The van der Waals surface area contributed by atoms with Crippen molar-refractivity contribution in [3.63, 3.8) is 0 Å². The molecule has 0 bridgehead atoms. The normalized spacial score (nSPS) is 12.6. The van der Waals surface area contributed by atoms with E-state index in [1.165, 1.54) is 4.46 Å². The van der Waals surface area contributed by atoms with Gasteiger partial charge >= 0.3 is 134 Å². The second-order valence-electron chi connectivity index (χ2n) is 4.43. The number of benzene rings is 1. The van der Waals surface area contributed by atoms with Gasteiger partial charge in [-0.05, 0) is 0 Å². The molecule has 0 aromatic heterocycles. The first-order valence-electron chi connectivity index (χ1n) is 7.49. The summed E-state index contributed by atoms with van der Waals surface area (Å²) in [5.41, 5.74) is 0. The standard InChI is InChI=1S/C16H25O3PSe/c1-4-7-9-14-16(20(17,18-5-2)19-6-3)21-15-12-10-8-11-13-15/h8,10-14H,4-7,9H2,1-3H3/b16-14+. The van der Waals surface area contributed by atoms with Gasteiger partial charge in [-0.3, -0.25) is 0 Å². The zero-order chi connectivity index (χ0) is 15.6. The predicted octanol–water partition coefficient (Wildman–Crippen LogP) is 4.31. The minimum absolute atomic E-state index is 0.0329. The predicted molar refractivity (Wildman–Crippen MR) is 90.3 cm³/mol. The van der Waals surface area contributed by atoms with Crippen molar-refractivity contribution in [1.29, 1.82) is 0 Å². The molecule has 0 unspecified atom stereocenters. The zero-order valence-electron chi connectivity index (χ0n) is 13.1. The molecular weight excluding hydrogens is 350 g/mol. The minimum atomic E-state index is -3.15. The molecule has 0 aliphatic heterocycles. The monoisotopic (exact) mass is 376 g/mol. The van der Waals surface area contributed by atoms with Crippen LogP contribution in [0.1, 0.15) is 40.0 Å². The van der Waals surface area contributed by atoms with Crippen molar-refractivity contribution in [2.45, 2.75) is 40.0 Å². The molecule has 0 radical (unpaired) electrons. The van der Waals surface area contributed by atoms with Crippen LogP contribution in [0.4, 0.5) is 0 Å². The van der Waals surface area contributed by atoms with Crippen molar-refractivity contribution in [1.82, 2.24) is 0 Å². The molecule has 0 atom stereocenters. The summed E-state index contributed by atoms with van der Waals surface area (Å²) in [5.74, 6) is 0. The van der Waals surface area contributed by atoms with Crippen molar-refractivity contribution in [2.75, 3.05) is 13.2 Å². The van der Waals surface area contributed by atoms with E-state index in [4.69, 9.17) is 9.05 Å². The van der Waals surface area contributed by atoms with Gasteiger partial charge in [0.1, 0.15) is 0 Å². The van der Waals surface area contributed by atoms with Crippen LogP contribution in [0.15, 0.2) is 40.6 Å². The molecule has 3 nitrogen and oxygen atoms in total. The van der Waals surface area contributed by atoms with E-state index >= 15 is 0 Å². The first-order valence-corrected chi connectivity index (χ1v) is 10.7. The van der Waals surface area contributed by atoms with Crippen molar-refractivity contribution in [3.05, 3.63) is 40.6 Å². The molecule has 1 aromatic carbocycles. The second kappa shape index (κ2) is 10.4. The van der Waals surface area contributed by atoms with Crippen molar-refractivity contribution in [2.24, 2.45) is 0 Å². The average Bonchev–Trinajstić information content (AvgIpc) is 2.48. The third-order valence-electron chi connectivity index (χ3n) is 2.71. The molecule has 1 rings (SSSR count). The molecule has 0 aliphatic carbocycles. The Bertz CT molecular complexity index is 464. The van der Waals surface area contributed by atoms with E-state index in [2.05, 4.69) is 25.1 Å². The van der Waals surface area contributed by atoms with Crippen LogP contribution in [0.2, 0.25) is 0 Å². The Morgan fingerprint density at radius 1 is 1.14 bits per heavy atom. The fraction of sp³-hybridized carbons (Fsp3) is 0.500. The maximum atomic E-state index is 13.0. The van der Waals surface area contributed by atoms with Gasteiger partial charge < -0.3 is 0 Å². The van der Waals surface area contributed by atoms with Crippen molar-refractivity contribution in [3.8, 4) is 0 Å². The zero-order valence-corrected chi connectivity index (χ0v) is 15.7. The molecule has 0 heterocycles. The molecule has 0 amide bonds. The van der Waals surface area contributed by atoms with E-state index in [1.807, 2.05) is 32.0 Å². The molecule has 21 heavy (non-hydrogen) atoms. The number of unbranched alkanes of at least 4 members (excludes halogenated alkanes) is 2. The van der Waals surface area contributed by atoms with E-state index in [-0.39, 0.29) is 15.0 Å². The van der Waals surface area contributed by atoms with Crippen LogP contribution in [0.5, 0.6) is 0 Å². The van der Waals surface area contributed by atoms with Gasteiger partial charge in [-0.15, -0.1) is 0 Å². The molecule has 0 aliphatic rings. The van der Waals surface area contributed by atoms with Crippen LogP contribution in [-0.2, 0) is 13.6 Å². The Balaban J connectivity index is 2.99. The summed E-state index contributed by atoms with van der Waals surface area (Å²) in [6.07, 6.45) is 5.20. The van der Waals surface area contributed by atoms with Crippen LogP contribution in [0.25, 0.3) is 0 Å². The van der Waals surface area contributed by atoms with E-state index in [1.54, 1.807) is 0 Å². The summed E-state index contributed by atoms with van der Waals surface area (Å²) in [4.78, 5) is 0. The molecule has 5 heteroatoms. The van der Waals surface area contributed by atoms with E-state index in [0.717, 1.165) is 23.5 Å². The topological polar surface area (TPSA) is 35.5 Å². The van der Waals surface area contributed by atoms with Gasteiger partial charge in [-0.25, -0.2) is 0 Å². The Hall–Kier alpha value is -0.371. The Morgan fingerprint density at radius 3 is 2.29 bits per heavy atom. The summed E-state index contributed by atoms with van der Waals surface area (Å²) in [7, 11) is -3.15. The van der Waals surface area contributed by atoms with Gasteiger partial charge in [0.2, 0.25) is 0 Å². The van der Waals surface area contributed by atoms with Crippen LogP contribution >= 0.6 is 7.60 Å². The molecule has 0 saturated carbocycles. The molecular formula is C16H25O3PSe. The van der Waals surface area contributed by atoms with Crippen LogP contribution < -0.4 is 4.46 Å². The van der Waals surface area contributed by atoms with Crippen LogP contribution in [0.3, 0.4) is 0 Å². The van der Waals surface area contributed by atoms with Gasteiger partial charge in [0.15, 0.2) is 0 Å². The van der Waals surface area contributed by atoms with Crippen molar-refractivity contribution < 1.29 is 13.6 Å². The summed E-state index contributed by atoms with van der Waals surface area (Å²) in [6, 6.07) is 10.1.